The Kier molecular flexibility index (Phi) is 6.40. The third-order valence-electron chi connectivity index (χ3n) is 1.62. The molecule has 5 heteroatoms. The monoisotopic (exact) mass is 234 g/mol. The Bertz CT molecular complexity index is 374. The van der Waals surface area contributed by atoms with Crippen molar-refractivity contribution < 1.29 is 19.7 Å². The molecular weight excluding hydrogens is 224 g/mol. The zero-order valence-corrected chi connectivity index (χ0v) is 10.5. The fourth-order valence-electron chi connectivity index (χ4n) is 0.965. The molecule has 0 unspecified atom stereocenters. The molecule has 0 aromatic heterocycles. The number of aliphatic carboxylic acids is 1. The third kappa shape index (κ3) is 4.55. The predicted molar refractivity (Wildman–Crippen MR) is 57.1 cm³/mol. The first-order valence-electron chi connectivity index (χ1n) is 3.91. The summed E-state index contributed by atoms with van der Waals surface area (Å²) in [5.41, 5.74) is 0.655. The van der Waals surface area contributed by atoms with Crippen molar-refractivity contribution in [2.75, 3.05) is 7.11 Å². The average Bonchev–Trinajstić information content (AvgIpc) is 2.16. The summed E-state index contributed by atoms with van der Waals surface area (Å²) in [5.74, 6) is -0.672. The summed E-state index contributed by atoms with van der Waals surface area (Å²) < 4.78 is 4.86. The molecule has 1 aromatic carbocycles. The van der Waals surface area contributed by atoms with Crippen molar-refractivity contribution in [2.24, 2.45) is 0 Å². The molecule has 4 nitrogen and oxygen atoms in total. The molecular formula is C10H10CaO4. The first-order valence-corrected chi connectivity index (χ1v) is 3.91. The van der Waals surface area contributed by atoms with E-state index in [9.17, 15) is 9.90 Å². The van der Waals surface area contributed by atoms with Gasteiger partial charge in [-0.05, 0) is 23.8 Å². The maximum Gasteiger partial charge on any atom is 0.328 e. The van der Waals surface area contributed by atoms with Crippen molar-refractivity contribution in [1.29, 1.82) is 0 Å². The SMILES string of the molecule is COc1cc(/C=C\C(=O)O)ccc1O.[Ca]. The van der Waals surface area contributed by atoms with Crippen molar-refractivity contribution in [3.8, 4) is 11.5 Å². The second-order valence-electron chi connectivity index (χ2n) is 2.60. The molecule has 0 aliphatic heterocycles. The average molecular weight is 234 g/mol. The van der Waals surface area contributed by atoms with E-state index in [0.717, 1.165) is 6.08 Å². The summed E-state index contributed by atoms with van der Waals surface area (Å²) in [6.07, 6.45) is 2.44. The van der Waals surface area contributed by atoms with Gasteiger partial charge in [-0.3, -0.25) is 0 Å². The number of ether oxygens (including phenoxy) is 1. The van der Waals surface area contributed by atoms with Crippen molar-refractivity contribution in [3.63, 3.8) is 0 Å². The van der Waals surface area contributed by atoms with Gasteiger partial charge in [0.05, 0.1) is 7.11 Å². The number of carboxylic acids is 1. The van der Waals surface area contributed by atoms with Gasteiger partial charge in [0.2, 0.25) is 0 Å². The standard InChI is InChI=1S/C10H10O4.Ca/c1-14-9-6-7(2-4-8(9)11)3-5-10(12)13;/h2-6,11H,1H3,(H,12,13);/b5-3-;. The van der Waals surface area contributed by atoms with Crippen molar-refractivity contribution >= 4 is 49.8 Å². The summed E-state index contributed by atoms with van der Waals surface area (Å²) in [6.45, 7) is 0. The summed E-state index contributed by atoms with van der Waals surface area (Å²) in [4.78, 5) is 10.2. The van der Waals surface area contributed by atoms with E-state index in [1.165, 1.54) is 19.3 Å². The van der Waals surface area contributed by atoms with Crippen LogP contribution in [0, 0.1) is 0 Å². The third-order valence-corrected chi connectivity index (χ3v) is 1.62. The van der Waals surface area contributed by atoms with Crippen molar-refractivity contribution in [1.82, 2.24) is 0 Å². The van der Waals surface area contributed by atoms with Gasteiger partial charge in [-0.15, -0.1) is 0 Å². The fraction of sp³-hybridized carbons (Fsp3) is 0.100. The number of methoxy groups -OCH3 is 1. The molecule has 2 radical (unpaired) electrons. The smallest absolute Gasteiger partial charge is 0.328 e. The van der Waals surface area contributed by atoms with E-state index in [1.807, 2.05) is 0 Å². The molecule has 0 fully saturated rings. The van der Waals surface area contributed by atoms with E-state index >= 15 is 0 Å². The second-order valence-corrected chi connectivity index (χ2v) is 2.60. The van der Waals surface area contributed by atoms with Crippen LogP contribution in [0.1, 0.15) is 5.56 Å². The summed E-state index contributed by atoms with van der Waals surface area (Å²) in [6, 6.07) is 4.59. The topological polar surface area (TPSA) is 66.8 Å². The quantitative estimate of drug-likeness (QED) is 0.607. The number of phenols is 1. The van der Waals surface area contributed by atoms with Crippen LogP contribution < -0.4 is 4.74 Å². The predicted octanol–water partition coefficient (Wildman–Crippen LogP) is 1.12. The van der Waals surface area contributed by atoms with Crippen LogP contribution in [-0.2, 0) is 4.79 Å². The van der Waals surface area contributed by atoms with Gasteiger partial charge in [-0.1, -0.05) is 6.07 Å². The van der Waals surface area contributed by atoms with Crippen LogP contribution >= 0.6 is 0 Å². The van der Waals surface area contributed by atoms with E-state index in [-0.39, 0.29) is 43.5 Å². The fourth-order valence-corrected chi connectivity index (χ4v) is 0.965. The van der Waals surface area contributed by atoms with Crippen LogP contribution in [0.2, 0.25) is 0 Å². The number of hydrogen-bond donors (Lipinski definition) is 2. The van der Waals surface area contributed by atoms with E-state index in [1.54, 1.807) is 12.1 Å². The molecule has 0 aliphatic carbocycles. The van der Waals surface area contributed by atoms with Crippen LogP contribution in [-0.4, -0.2) is 61.0 Å². The minimum absolute atomic E-state index is 0. The molecule has 2 N–H and O–H groups in total. The largest absolute Gasteiger partial charge is 0.504 e. The van der Waals surface area contributed by atoms with Crippen molar-refractivity contribution in [3.05, 3.63) is 29.8 Å². The number of carbonyl (C=O) groups is 1. The van der Waals surface area contributed by atoms with Crippen molar-refractivity contribution in [2.45, 2.75) is 0 Å². The van der Waals surface area contributed by atoms with E-state index in [4.69, 9.17) is 9.84 Å². The van der Waals surface area contributed by atoms with Gasteiger partial charge in [-0.2, -0.15) is 0 Å². The van der Waals surface area contributed by atoms with Gasteiger partial charge >= 0.3 is 5.97 Å². The van der Waals surface area contributed by atoms with E-state index in [2.05, 4.69) is 0 Å². The van der Waals surface area contributed by atoms with Gasteiger partial charge < -0.3 is 14.9 Å². The Balaban J connectivity index is 0.00000196. The van der Waals surface area contributed by atoms with Gasteiger partial charge in [0.15, 0.2) is 11.5 Å². The maximum atomic E-state index is 10.2. The molecule has 0 saturated heterocycles. The minimum Gasteiger partial charge on any atom is -0.504 e. The molecule has 0 spiro atoms. The number of benzene rings is 1. The summed E-state index contributed by atoms with van der Waals surface area (Å²) in [5, 5.41) is 17.6. The summed E-state index contributed by atoms with van der Waals surface area (Å²) >= 11 is 0. The number of hydrogen-bond acceptors (Lipinski definition) is 3. The Morgan fingerprint density at radius 1 is 1.47 bits per heavy atom. The molecule has 15 heavy (non-hydrogen) atoms. The van der Waals surface area contributed by atoms with Gasteiger partial charge in [0.1, 0.15) is 0 Å². The Morgan fingerprint density at radius 2 is 2.13 bits per heavy atom. The second kappa shape index (κ2) is 6.71. The Morgan fingerprint density at radius 3 is 2.67 bits per heavy atom. The maximum absolute atomic E-state index is 10.2. The van der Waals surface area contributed by atoms with Crippen LogP contribution in [0.5, 0.6) is 11.5 Å². The molecule has 76 valence electrons. The first kappa shape index (κ1) is 14.3. The van der Waals surface area contributed by atoms with Crippen LogP contribution in [0.4, 0.5) is 0 Å². The zero-order chi connectivity index (χ0) is 10.6. The van der Waals surface area contributed by atoms with Gasteiger partial charge in [0, 0.05) is 43.8 Å². The number of phenolic OH excluding ortho intramolecular Hbond substituents is 1. The molecule has 0 bridgehead atoms. The van der Waals surface area contributed by atoms with Gasteiger partial charge in [-0.25, -0.2) is 4.79 Å². The molecule has 0 amide bonds. The summed E-state index contributed by atoms with van der Waals surface area (Å²) in [7, 11) is 1.43. The first-order chi connectivity index (χ1) is 6.63. The number of aromatic hydroxyl groups is 1. The molecule has 0 heterocycles. The Labute approximate surface area is 117 Å². The minimum atomic E-state index is -1.02. The number of rotatable bonds is 3. The Hall–Kier alpha value is -0.710. The molecule has 0 saturated carbocycles. The van der Waals surface area contributed by atoms with Crippen LogP contribution in [0.3, 0.4) is 0 Å². The molecule has 0 aliphatic rings. The van der Waals surface area contributed by atoms with Crippen LogP contribution in [0.25, 0.3) is 6.08 Å². The zero-order valence-electron chi connectivity index (χ0n) is 8.30. The number of carboxylic acid groups (broad SMARTS) is 1. The van der Waals surface area contributed by atoms with E-state index in [0.29, 0.717) is 11.3 Å². The molecule has 1 rings (SSSR count). The molecule has 0 atom stereocenters. The molecule has 1 aromatic rings. The van der Waals surface area contributed by atoms with Gasteiger partial charge in [0.25, 0.3) is 0 Å². The normalized spacial score (nSPS) is 9.67. The van der Waals surface area contributed by atoms with Crippen LogP contribution in [0.15, 0.2) is 24.3 Å². The van der Waals surface area contributed by atoms with E-state index < -0.39 is 5.97 Å².